The molecular formula is C13H16N2O2. The molecule has 0 amide bonds. The number of hydrogen-bond donors (Lipinski definition) is 1. The Hall–Kier alpha value is -2.10. The number of nitrogens with one attached hydrogen (secondary N) is 1. The van der Waals surface area contributed by atoms with Gasteiger partial charge < -0.3 is 14.9 Å². The standard InChI is InChI=1S/C13H16N2O2/c1-16-12-6-5-11(13(9-12)17-2)10-15-8-4-3-7-14-15/h3-9,14H,10H2,1-2H3. The summed E-state index contributed by atoms with van der Waals surface area (Å²) in [5.41, 5.74) is 4.22. The normalized spacial score (nSPS) is 13.4. The molecule has 0 saturated carbocycles. The van der Waals surface area contributed by atoms with Gasteiger partial charge in [0.25, 0.3) is 0 Å². The van der Waals surface area contributed by atoms with Crippen LogP contribution in [0.25, 0.3) is 0 Å². The van der Waals surface area contributed by atoms with Crippen LogP contribution in [0, 0.1) is 0 Å². The third-order valence-corrected chi connectivity index (χ3v) is 2.55. The summed E-state index contributed by atoms with van der Waals surface area (Å²) in [7, 11) is 3.31. The van der Waals surface area contributed by atoms with E-state index in [0.29, 0.717) is 0 Å². The Bertz CT molecular complexity index is 441. The van der Waals surface area contributed by atoms with Gasteiger partial charge in [0, 0.05) is 24.0 Å². The molecule has 2 rings (SSSR count). The third kappa shape index (κ3) is 2.72. The molecule has 0 saturated heterocycles. The highest BCUT2D eigenvalue weighted by molar-refractivity contribution is 5.40. The van der Waals surface area contributed by atoms with E-state index in [9.17, 15) is 0 Å². The van der Waals surface area contributed by atoms with Gasteiger partial charge in [-0.05, 0) is 24.3 Å². The van der Waals surface area contributed by atoms with Crippen LogP contribution in [0.4, 0.5) is 0 Å². The molecule has 17 heavy (non-hydrogen) atoms. The third-order valence-electron chi connectivity index (χ3n) is 2.55. The summed E-state index contributed by atoms with van der Waals surface area (Å²) in [5.74, 6) is 1.63. The van der Waals surface area contributed by atoms with Gasteiger partial charge in [0.15, 0.2) is 0 Å². The number of allylic oxidation sites excluding steroid dienone is 2. The SMILES string of the molecule is COc1ccc(CN2C=CC=CN2)c(OC)c1. The molecule has 0 spiro atoms. The van der Waals surface area contributed by atoms with Crippen molar-refractivity contribution in [1.29, 1.82) is 0 Å². The average molecular weight is 232 g/mol. The van der Waals surface area contributed by atoms with E-state index in [1.54, 1.807) is 14.2 Å². The summed E-state index contributed by atoms with van der Waals surface area (Å²) < 4.78 is 10.5. The maximum Gasteiger partial charge on any atom is 0.127 e. The number of rotatable bonds is 4. The molecular weight excluding hydrogens is 216 g/mol. The molecule has 0 aliphatic carbocycles. The van der Waals surface area contributed by atoms with Crippen molar-refractivity contribution in [3.63, 3.8) is 0 Å². The fourth-order valence-corrected chi connectivity index (χ4v) is 1.66. The van der Waals surface area contributed by atoms with E-state index in [-0.39, 0.29) is 0 Å². The van der Waals surface area contributed by atoms with Crippen LogP contribution in [0.3, 0.4) is 0 Å². The second-order valence-electron chi connectivity index (χ2n) is 3.64. The molecule has 90 valence electrons. The van der Waals surface area contributed by atoms with Crippen molar-refractivity contribution in [2.75, 3.05) is 14.2 Å². The number of hydrazine groups is 1. The molecule has 0 aromatic heterocycles. The molecule has 0 unspecified atom stereocenters. The highest BCUT2D eigenvalue weighted by Crippen LogP contribution is 2.25. The van der Waals surface area contributed by atoms with E-state index in [1.165, 1.54) is 0 Å². The van der Waals surface area contributed by atoms with Crippen LogP contribution in [-0.2, 0) is 6.54 Å². The van der Waals surface area contributed by atoms with Gasteiger partial charge in [0.05, 0.1) is 20.8 Å². The first-order chi connectivity index (χ1) is 8.33. The zero-order valence-electron chi connectivity index (χ0n) is 10.0. The van der Waals surface area contributed by atoms with Crippen molar-refractivity contribution in [2.45, 2.75) is 6.54 Å². The van der Waals surface area contributed by atoms with Crippen molar-refractivity contribution >= 4 is 0 Å². The van der Waals surface area contributed by atoms with Gasteiger partial charge in [0.1, 0.15) is 11.5 Å². The molecule has 4 nitrogen and oxygen atoms in total. The molecule has 1 aromatic carbocycles. The number of nitrogens with zero attached hydrogens (tertiary/aromatic N) is 1. The highest BCUT2D eigenvalue weighted by atomic mass is 16.5. The summed E-state index contributed by atoms with van der Waals surface area (Å²) in [5, 5.41) is 1.98. The molecule has 1 N–H and O–H groups in total. The summed E-state index contributed by atoms with van der Waals surface area (Å²) in [4.78, 5) is 0. The van der Waals surface area contributed by atoms with Crippen LogP contribution >= 0.6 is 0 Å². The lowest BCUT2D eigenvalue weighted by Gasteiger charge is -2.23. The lowest BCUT2D eigenvalue weighted by Crippen LogP contribution is -2.29. The highest BCUT2D eigenvalue weighted by Gasteiger charge is 2.08. The average Bonchev–Trinajstić information content (AvgIpc) is 2.40. The van der Waals surface area contributed by atoms with Crippen LogP contribution in [0.2, 0.25) is 0 Å². The second kappa shape index (κ2) is 5.30. The van der Waals surface area contributed by atoms with Gasteiger partial charge in [-0.1, -0.05) is 0 Å². The van der Waals surface area contributed by atoms with E-state index in [2.05, 4.69) is 5.43 Å². The Morgan fingerprint density at radius 3 is 2.71 bits per heavy atom. The van der Waals surface area contributed by atoms with E-state index in [1.807, 2.05) is 47.8 Å². The molecule has 4 heteroatoms. The summed E-state index contributed by atoms with van der Waals surface area (Å²) in [6.45, 7) is 0.730. The summed E-state index contributed by atoms with van der Waals surface area (Å²) >= 11 is 0. The van der Waals surface area contributed by atoms with Crippen molar-refractivity contribution in [3.8, 4) is 11.5 Å². The molecule has 1 aliphatic heterocycles. The first-order valence-electron chi connectivity index (χ1n) is 5.40. The van der Waals surface area contributed by atoms with Gasteiger partial charge >= 0.3 is 0 Å². The molecule has 1 heterocycles. The smallest absolute Gasteiger partial charge is 0.127 e. The van der Waals surface area contributed by atoms with Crippen LogP contribution in [0.5, 0.6) is 11.5 Å². The van der Waals surface area contributed by atoms with Crippen LogP contribution in [-0.4, -0.2) is 19.2 Å². The van der Waals surface area contributed by atoms with Crippen LogP contribution in [0.15, 0.2) is 42.8 Å². The minimum Gasteiger partial charge on any atom is -0.497 e. The summed E-state index contributed by atoms with van der Waals surface area (Å²) in [6.07, 6.45) is 7.79. The zero-order chi connectivity index (χ0) is 12.1. The van der Waals surface area contributed by atoms with Gasteiger partial charge in [-0.3, -0.25) is 5.01 Å². The second-order valence-corrected chi connectivity index (χ2v) is 3.64. The summed E-state index contributed by atoms with van der Waals surface area (Å²) in [6, 6.07) is 5.83. The molecule has 1 aromatic rings. The molecule has 0 radical (unpaired) electrons. The predicted molar refractivity (Wildman–Crippen MR) is 66.5 cm³/mol. The van der Waals surface area contributed by atoms with E-state index in [0.717, 1.165) is 23.6 Å². The van der Waals surface area contributed by atoms with Crippen LogP contribution in [0.1, 0.15) is 5.56 Å². The maximum absolute atomic E-state index is 5.35. The minimum atomic E-state index is 0.730. The van der Waals surface area contributed by atoms with Gasteiger partial charge in [-0.15, -0.1) is 0 Å². The number of benzene rings is 1. The first-order valence-corrected chi connectivity index (χ1v) is 5.40. The minimum absolute atomic E-state index is 0.730. The Balaban J connectivity index is 2.14. The Labute approximate surface area is 101 Å². The van der Waals surface area contributed by atoms with E-state index >= 15 is 0 Å². The predicted octanol–water partition coefficient (Wildman–Crippen LogP) is 2.05. The Kier molecular flexibility index (Phi) is 3.55. The molecule has 0 atom stereocenters. The van der Waals surface area contributed by atoms with Crippen molar-refractivity contribution in [2.24, 2.45) is 0 Å². The lowest BCUT2D eigenvalue weighted by atomic mass is 10.2. The Morgan fingerprint density at radius 1 is 1.18 bits per heavy atom. The van der Waals surface area contributed by atoms with Gasteiger partial charge in [-0.25, -0.2) is 0 Å². The first kappa shape index (κ1) is 11.4. The van der Waals surface area contributed by atoms with E-state index in [4.69, 9.17) is 9.47 Å². The number of methoxy groups -OCH3 is 2. The largest absolute Gasteiger partial charge is 0.497 e. The molecule has 1 aliphatic rings. The van der Waals surface area contributed by atoms with Gasteiger partial charge in [0.2, 0.25) is 0 Å². The van der Waals surface area contributed by atoms with Crippen molar-refractivity contribution in [3.05, 3.63) is 48.3 Å². The monoisotopic (exact) mass is 232 g/mol. The fourth-order valence-electron chi connectivity index (χ4n) is 1.66. The number of ether oxygens (including phenoxy) is 2. The van der Waals surface area contributed by atoms with Crippen LogP contribution < -0.4 is 14.9 Å². The lowest BCUT2D eigenvalue weighted by molar-refractivity contribution is 0.296. The van der Waals surface area contributed by atoms with E-state index < -0.39 is 0 Å². The zero-order valence-corrected chi connectivity index (χ0v) is 10.0. The quantitative estimate of drug-likeness (QED) is 0.861. The maximum atomic E-state index is 5.35. The molecule has 0 fully saturated rings. The fraction of sp³-hybridized carbons (Fsp3) is 0.231. The van der Waals surface area contributed by atoms with Gasteiger partial charge in [-0.2, -0.15) is 0 Å². The molecule has 0 bridgehead atoms. The topological polar surface area (TPSA) is 33.7 Å². The number of hydrogen-bond acceptors (Lipinski definition) is 4. The van der Waals surface area contributed by atoms with Crippen molar-refractivity contribution < 1.29 is 9.47 Å². The van der Waals surface area contributed by atoms with Crippen molar-refractivity contribution in [1.82, 2.24) is 10.4 Å². The Morgan fingerprint density at radius 2 is 2.06 bits per heavy atom.